The van der Waals surface area contributed by atoms with Gasteiger partial charge in [-0.1, -0.05) is 47.5 Å². The fraction of sp³-hybridized carbons (Fsp3) is 0.125. The average molecular weight is 424 g/mol. The van der Waals surface area contributed by atoms with Crippen molar-refractivity contribution >= 4 is 34.0 Å². The van der Waals surface area contributed by atoms with Crippen molar-refractivity contribution in [3.63, 3.8) is 0 Å². The summed E-state index contributed by atoms with van der Waals surface area (Å²) in [7, 11) is 3.27. The van der Waals surface area contributed by atoms with Crippen LogP contribution in [0.2, 0.25) is 10.0 Å². The van der Waals surface area contributed by atoms with Gasteiger partial charge in [-0.15, -0.1) is 0 Å². The van der Waals surface area contributed by atoms with Crippen LogP contribution in [0.5, 0.6) is 11.5 Å². The minimum absolute atomic E-state index is 0.663. The van der Waals surface area contributed by atoms with E-state index in [1.54, 1.807) is 14.2 Å². The lowest BCUT2D eigenvalue weighted by atomic mass is 9.96. The number of hydrogen-bond acceptors (Lipinski definition) is 3. The van der Waals surface area contributed by atoms with Gasteiger partial charge in [-0.3, -0.25) is 0 Å². The number of nitrogens with zero attached hydrogens (tertiary/aromatic N) is 1. The molecule has 0 atom stereocenters. The molecule has 0 unspecified atom stereocenters. The van der Waals surface area contributed by atoms with Gasteiger partial charge in [-0.25, -0.2) is 4.98 Å². The largest absolute Gasteiger partial charge is 0.493 e. The van der Waals surface area contributed by atoms with E-state index in [1.807, 2.05) is 60.7 Å². The minimum Gasteiger partial charge on any atom is -0.493 e. The zero-order valence-electron chi connectivity index (χ0n) is 16.3. The predicted molar refractivity (Wildman–Crippen MR) is 120 cm³/mol. The van der Waals surface area contributed by atoms with Crippen LogP contribution < -0.4 is 9.47 Å². The molecule has 0 fully saturated rings. The number of aromatic nitrogens is 1. The molecular formula is C24H19Cl2NO2. The predicted octanol–water partition coefficient (Wildman–Crippen LogP) is 7.20. The zero-order chi connectivity index (χ0) is 20.5. The molecular weight excluding hydrogens is 405 g/mol. The molecule has 0 radical (unpaired) electrons. The van der Waals surface area contributed by atoms with Gasteiger partial charge in [-0.2, -0.15) is 0 Å². The van der Waals surface area contributed by atoms with Crippen LogP contribution in [0.1, 0.15) is 5.56 Å². The molecule has 4 rings (SSSR count). The van der Waals surface area contributed by atoms with Crippen molar-refractivity contribution in [1.29, 1.82) is 0 Å². The summed E-state index contributed by atoms with van der Waals surface area (Å²) in [6.45, 7) is 2.07. The molecule has 0 aliphatic carbocycles. The lowest BCUT2D eigenvalue weighted by molar-refractivity contribution is 0.356. The molecule has 3 nitrogen and oxygen atoms in total. The SMILES string of the molecule is COc1cc2c(-c3ccc(Cl)cc3)nc(-c3ccc(Cl)cc3)c(C)c2cc1OC. The van der Waals surface area contributed by atoms with Gasteiger partial charge in [0.05, 0.1) is 25.6 Å². The Morgan fingerprint density at radius 1 is 0.655 bits per heavy atom. The van der Waals surface area contributed by atoms with E-state index in [4.69, 9.17) is 37.7 Å². The summed E-state index contributed by atoms with van der Waals surface area (Å²) in [5.41, 5.74) is 4.78. The Bertz CT molecular complexity index is 1190. The standard InChI is InChI=1S/C24H19Cl2NO2/c1-14-19-12-21(28-2)22(29-3)13-20(19)24(16-6-10-18(26)11-7-16)27-23(14)15-4-8-17(25)9-5-15/h4-13H,1-3H3. The van der Waals surface area contributed by atoms with Gasteiger partial charge >= 0.3 is 0 Å². The van der Waals surface area contributed by atoms with Crippen LogP contribution >= 0.6 is 23.2 Å². The number of pyridine rings is 1. The van der Waals surface area contributed by atoms with Crippen LogP contribution in [-0.4, -0.2) is 19.2 Å². The van der Waals surface area contributed by atoms with Crippen molar-refractivity contribution in [3.8, 4) is 34.0 Å². The summed E-state index contributed by atoms with van der Waals surface area (Å²) in [6, 6.07) is 19.4. The quantitative estimate of drug-likeness (QED) is 0.347. The average Bonchev–Trinajstić information content (AvgIpc) is 2.75. The molecule has 1 heterocycles. The van der Waals surface area contributed by atoms with Gasteiger partial charge in [0, 0.05) is 26.6 Å². The van der Waals surface area contributed by atoms with Crippen LogP contribution in [0.25, 0.3) is 33.3 Å². The van der Waals surface area contributed by atoms with Gasteiger partial charge in [0.2, 0.25) is 0 Å². The van der Waals surface area contributed by atoms with Crippen LogP contribution in [0.15, 0.2) is 60.7 Å². The molecule has 0 amide bonds. The minimum atomic E-state index is 0.663. The van der Waals surface area contributed by atoms with E-state index < -0.39 is 0 Å². The first-order valence-corrected chi connectivity index (χ1v) is 9.85. The Morgan fingerprint density at radius 2 is 1.10 bits per heavy atom. The Hall–Kier alpha value is -2.75. The molecule has 0 saturated heterocycles. The number of methoxy groups -OCH3 is 2. The van der Waals surface area contributed by atoms with E-state index in [0.29, 0.717) is 21.5 Å². The number of ether oxygens (including phenoxy) is 2. The second-order valence-electron chi connectivity index (χ2n) is 6.70. The molecule has 1 aromatic heterocycles. The molecule has 0 bridgehead atoms. The Morgan fingerprint density at radius 3 is 1.59 bits per heavy atom. The normalized spacial score (nSPS) is 10.9. The maximum Gasteiger partial charge on any atom is 0.161 e. The van der Waals surface area contributed by atoms with Crippen molar-refractivity contribution in [3.05, 3.63) is 76.3 Å². The summed E-state index contributed by atoms with van der Waals surface area (Å²) in [6.07, 6.45) is 0. The van der Waals surface area contributed by atoms with Gasteiger partial charge in [-0.05, 0) is 54.3 Å². The van der Waals surface area contributed by atoms with Gasteiger partial charge in [0.15, 0.2) is 11.5 Å². The number of halogens is 2. The highest BCUT2D eigenvalue weighted by Gasteiger charge is 2.17. The van der Waals surface area contributed by atoms with Crippen molar-refractivity contribution in [2.24, 2.45) is 0 Å². The van der Waals surface area contributed by atoms with E-state index in [9.17, 15) is 0 Å². The second-order valence-corrected chi connectivity index (χ2v) is 7.57. The number of hydrogen-bond donors (Lipinski definition) is 0. The molecule has 0 saturated carbocycles. The third kappa shape index (κ3) is 3.64. The van der Waals surface area contributed by atoms with Gasteiger partial charge < -0.3 is 9.47 Å². The molecule has 146 valence electrons. The van der Waals surface area contributed by atoms with E-state index in [2.05, 4.69) is 6.92 Å². The van der Waals surface area contributed by atoms with Crippen LogP contribution in [0.4, 0.5) is 0 Å². The number of aryl methyl sites for hydroxylation is 1. The molecule has 0 aliphatic heterocycles. The third-order valence-corrected chi connectivity index (χ3v) is 5.50. The second kappa shape index (κ2) is 7.94. The first-order valence-electron chi connectivity index (χ1n) is 9.10. The van der Waals surface area contributed by atoms with E-state index >= 15 is 0 Å². The lowest BCUT2D eigenvalue weighted by Crippen LogP contribution is -1.98. The molecule has 3 aromatic carbocycles. The van der Waals surface area contributed by atoms with Crippen LogP contribution in [0, 0.1) is 6.92 Å². The van der Waals surface area contributed by atoms with Crippen LogP contribution in [-0.2, 0) is 0 Å². The fourth-order valence-corrected chi connectivity index (χ4v) is 3.74. The molecule has 0 spiro atoms. The van der Waals surface area contributed by atoms with Crippen LogP contribution in [0.3, 0.4) is 0 Å². The Balaban J connectivity index is 2.08. The number of rotatable bonds is 4. The van der Waals surface area contributed by atoms with Gasteiger partial charge in [0.1, 0.15) is 0 Å². The first-order chi connectivity index (χ1) is 14.0. The third-order valence-electron chi connectivity index (χ3n) is 5.00. The van der Waals surface area contributed by atoms with E-state index in [0.717, 1.165) is 38.9 Å². The molecule has 5 heteroatoms. The maximum absolute atomic E-state index is 6.10. The maximum atomic E-state index is 6.10. The lowest BCUT2D eigenvalue weighted by Gasteiger charge is -2.17. The van der Waals surface area contributed by atoms with Crippen molar-refractivity contribution < 1.29 is 9.47 Å². The number of fused-ring (bicyclic) bond motifs is 1. The highest BCUT2D eigenvalue weighted by Crippen LogP contribution is 2.40. The first kappa shape index (κ1) is 19.6. The van der Waals surface area contributed by atoms with E-state index in [-0.39, 0.29) is 0 Å². The molecule has 0 N–H and O–H groups in total. The van der Waals surface area contributed by atoms with Gasteiger partial charge in [0.25, 0.3) is 0 Å². The highest BCUT2D eigenvalue weighted by atomic mass is 35.5. The molecule has 4 aromatic rings. The summed E-state index contributed by atoms with van der Waals surface area (Å²) < 4.78 is 11.1. The molecule has 29 heavy (non-hydrogen) atoms. The zero-order valence-corrected chi connectivity index (χ0v) is 17.8. The highest BCUT2D eigenvalue weighted by molar-refractivity contribution is 6.31. The smallest absolute Gasteiger partial charge is 0.161 e. The summed E-state index contributed by atoms with van der Waals surface area (Å²) in [4.78, 5) is 5.05. The fourth-order valence-electron chi connectivity index (χ4n) is 3.49. The summed E-state index contributed by atoms with van der Waals surface area (Å²) >= 11 is 12.2. The summed E-state index contributed by atoms with van der Waals surface area (Å²) in [5, 5.41) is 3.41. The monoisotopic (exact) mass is 423 g/mol. The number of benzene rings is 3. The topological polar surface area (TPSA) is 31.4 Å². The van der Waals surface area contributed by atoms with Crippen molar-refractivity contribution in [1.82, 2.24) is 4.98 Å². The molecule has 0 aliphatic rings. The Labute approximate surface area is 179 Å². The van der Waals surface area contributed by atoms with Crippen molar-refractivity contribution in [2.45, 2.75) is 6.92 Å². The van der Waals surface area contributed by atoms with E-state index in [1.165, 1.54) is 0 Å². The summed E-state index contributed by atoms with van der Waals surface area (Å²) in [5.74, 6) is 1.34. The Kier molecular flexibility index (Phi) is 5.35. The van der Waals surface area contributed by atoms with Crippen molar-refractivity contribution in [2.75, 3.05) is 14.2 Å².